The number of aromatic nitrogens is 5. The molecule has 0 N–H and O–H groups in total. The minimum Gasteiger partial charge on any atom is -0.457 e. The van der Waals surface area contributed by atoms with Crippen molar-refractivity contribution in [3.05, 3.63) is 164 Å². The predicted molar refractivity (Wildman–Crippen MR) is 218 cm³/mol. The second-order valence-corrected chi connectivity index (χ2v) is 13.8. The van der Waals surface area contributed by atoms with Crippen LogP contribution in [-0.2, 0) is 0 Å². The fourth-order valence-corrected chi connectivity index (χ4v) is 8.61. The highest BCUT2D eigenvalue weighted by atomic mass is 16.5. The molecule has 8 heteroatoms. The second kappa shape index (κ2) is 11.0. The summed E-state index contributed by atoms with van der Waals surface area (Å²) in [5.41, 5.74) is 8.56. The van der Waals surface area contributed by atoms with E-state index in [9.17, 15) is 0 Å². The highest BCUT2D eigenvalue weighted by Gasteiger charge is 2.31. The van der Waals surface area contributed by atoms with E-state index in [2.05, 4.69) is 128 Å². The van der Waals surface area contributed by atoms with Crippen LogP contribution in [0.5, 0.6) is 11.5 Å². The molecule has 12 rings (SSSR count). The largest absolute Gasteiger partial charge is 0.457 e. The molecular weight excluding hydrogens is 667 g/mol. The van der Waals surface area contributed by atoms with Gasteiger partial charge in [0, 0.05) is 74.4 Å². The van der Waals surface area contributed by atoms with Crippen molar-refractivity contribution in [2.45, 2.75) is 0 Å². The van der Waals surface area contributed by atoms with Gasteiger partial charge in [0.1, 0.15) is 23.8 Å². The maximum absolute atomic E-state index is 6.71. The van der Waals surface area contributed by atoms with E-state index in [1.807, 2.05) is 42.6 Å². The van der Waals surface area contributed by atoms with Crippen LogP contribution in [0, 0.1) is 0 Å². The molecule has 5 aromatic heterocycles. The number of nitrogens with zero attached hydrogens (tertiary/aromatic N) is 7. The van der Waals surface area contributed by atoms with E-state index >= 15 is 0 Å². The van der Waals surface area contributed by atoms with E-state index in [1.54, 1.807) is 12.4 Å². The molecule has 0 saturated carbocycles. The molecule has 0 fully saturated rings. The molecule has 54 heavy (non-hydrogen) atoms. The molecule has 1 aliphatic heterocycles. The topological polar surface area (TPSA) is 63.2 Å². The molecule has 0 atom stereocenters. The third-order valence-corrected chi connectivity index (χ3v) is 10.9. The maximum atomic E-state index is 6.71. The summed E-state index contributed by atoms with van der Waals surface area (Å²) < 4.78 is 11.5. The van der Waals surface area contributed by atoms with E-state index in [0.29, 0.717) is 6.67 Å². The minimum atomic E-state index is 0.583. The van der Waals surface area contributed by atoms with Crippen molar-refractivity contribution in [2.24, 2.45) is 0 Å². The van der Waals surface area contributed by atoms with Crippen LogP contribution in [0.3, 0.4) is 0 Å². The second-order valence-electron chi connectivity index (χ2n) is 13.8. The molecule has 0 aliphatic carbocycles. The van der Waals surface area contributed by atoms with Gasteiger partial charge in [0.15, 0.2) is 11.6 Å². The number of anilines is 4. The van der Waals surface area contributed by atoms with Crippen molar-refractivity contribution < 1.29 is 4.74 Å². The van der Waals surface area contributed by atoms with Gasteiger partial charge in [-0.15, -0.1) is 0 Å². The molecule has 8 nitrogen and oxygen atoms in total. The Morgan fingerprint density at radius 2 is 1.04 bits per heavy atom. The Bertz CT molecular complexity index is 3310. The van der Waals surface area contributed by atoms with Crippen LogP contribution < -0.4 is 14.5 Å². The number of para-hydroxylation sites is 4. The normalized spacial score (nSPS) is 13.0. The summed E-state index contributed by atoms with van der Waals surface area (Å²) in [5.74, 6) is 3.10. The zero-order valence-electron chi connectivity index (χ0n) is 28.8. The van der Waals surface area contributed by atoms with E-state index in [1.165, 1.54) is 21.8 Å². The number of rotatable bonds is 4. The fourth-order valence-electron chi connectivity index (χ4n) is 8.61. The predicted octanol–water partition coefficient (Wildman–Crippen LogP) is 11.2. The molecule has 0 unspecified atom stereocenters. The Morgan fingerprint density at radius 1 is 0.407 bits per heavy atom. The van der Waals surface area contributed by atoms with Crippen LogP contribution in [0.25, 0.3) is 65.5 Å². The fraction of sp³-hybridized carbons (Fsp3) is 0.0217. The lowest BCUT2D eigenvalue weighted by Crippen LogP contribution is -2.24. The monoisotopic (exact) mass is 695 g/mol. The molecule has 1 aliphatic rings. The van der Waals surface area contributed by atoms with Crippen LogP contribution >= 0.6 is 0 Å². The number of fused-ring (bicyclic) bond motifs is 11. The minimum absolute atomic E-state index is 0.583. The van der Waals surface area contributed by atoms with Crippen LogP contribution in [0.2, 0.25) is 0 Å². The van der Waals surface area contributed by atoms with Crippen molar-refractivity contribution >= 4 is 88.6 Å². The summed E-state index contributed by atoms with van der Waals surface area (Å²) >= 11 is 0. The summed E-state index contributed by atoms with van der Waals surface area (Å²) in [5, 5.41) is 7.00. The highest BCUT2D eigenvalue weighted by molar-refractivity contribution is 6.23. The number of hydrogen-bond donors (Lipinski definition) is 0. The third kappa shape index (κ3) is 4.04. The van der Waals surface area contributed by atoms with Gasteiger partial charge >= 0.3 is 0 Å². The lowest BCUT2D eigenvalue weighted by atomic mass is 10.1. The van der Waals surface area contributed by atoms with Crippen LogP contribution in [0.4, 0.5) is 23.0 Å². The Hall–Kier alpha value is -7.45. The molecule has 0 saturated heterocycles. The summed E-state index contributed by atoms with van der Waals surface area (Å²) in [6.07, 6.45) is 5.38. The smallest absolute Gasteiger partial charge is 0.178 e. The quantitative estimate of drug-likeness (QED) is 0.183. The van der Waals surface area contributed by atoms with Gasteiger partial charge in [-0.1, -0.05) is 72.8 Å². The summed E-state index contributed by atoms with van der Waals surface area (Å²) in [7, 11) is 0. The van der Waals surface area contributed by atoms with Crippen molar-refractivity contribution in [3.63, 3.8) is 0 Å². The van der Waals surface area contributed by atoms with Crippen molar-refractivity contribution in [1.82, 2.24) is 23.8 Å². The Balaban J connectivity index is 1.05. The lowest BCUT2D eigenvalue weighted by molar-refractivity contribution is 0.483. The van der Waals surface area contributed by atoms with Gasteiger partial charge in [0.2, 0.25) is 0 Å². The number of ether oxygens (including phenoxy) is 1. The molecule has 0 spiro atoms. The maximum Gasteiger partial charge on any atom is 0.178 e. The molecule has 0 bridgehead atoms. The Kier molecular flexibility index (Phi) is 5.95. The molecular formula is C46H29N7O. The Morgan fingerprint density at radius 3 is 1.91 bits per heavy atom. The van der Waals surface area contributed by atoms with Gasteiger partial charge in [-0.25, -0.2) is 15.0 Å². The van der Waals surface area contributed by atoms with Crippen LogP contribution in [-0.4, -0.2) is 30.4 Å². The van der Waals surface area contributed by atoms with E-state index < -0.39 is 0 Å². The lowest BCUT2D eigenvalue weighted by Gasteiger charge is -2.21. The standard InChI is InChI=1S/C46H29N7O/c1-2-10-29(11-3-1)50-28-51(46-45(50)48-24-25-49-46)30-12-6-13-31(26-30)54-32-21-22-34-36-17-8-20-40-43(36)53(41(34)27-32)44-38(18-9-23-47-44)37-16-7-15-35-33-14-4-5-19-39(33)52(40)42(35)37/h1-27H,28H2. The SMILES string of the molecule is c1ccc(N2CN(c3cccc(Oc4ccc5c6cccc7c6n(c5c4)c4ncccc4c4cccc5c6ccccc6n7c54)c3)c3nccnc32)cc1. The Labute approximate surface area is 308 Å². The number of benzene rings is 6. The molecule has 6 heterocycles. The first kappa shape index (κ1) is 29.2. The molecule has 11 aromatic rings. The number of pyridine rings is 1. The average molecular weight is 696 g/mol. The van der Waals surface area contributed by atoms with Crippen LogP contribution in [0.15, 0.2) is 164 Å². The van der Waals surface area contributed by atoms with Crippen molar-refractivity contribution in [1.29, 1.82) is 0 Å². The number of hydrogen-bond acceptors (Lipinski definition) is 6. The zero-order valence-corrected chi connectivity index (χ0v) is 28.8. The van der Waals surface area contributed by atoms with E-state index in [-0.39, 0.29) is 0 Å². The van der Waals surface area contributed by atoms with Gasteiger partial charge in [0.05, 0.1) is 27.6 Å². The van der Waals surface area contributed by atoms with Gasteiger partial charge in [-0.3, -0.25) is 4.40 Å². The highest BCUT2D eigenvalue weighted by Crippen LogP contribution is 2.43. The van der Waals surface area contributed by atoms with Gasteiger partial charge < -0.3 is 18.9 Å². The summed E-state index contributed by atoms with van der Waals surface area (Å²) in [6, 6.07) is 51.0. The zero-order chi connectivity index (χ0) is 35.3. The summed E-state index contributed by atoms with van der Waals surface area (Å²) in [4.78, 5) is 18.9. The third-order valence-electron chi connectivity index (χ3n) is 10.9. The summed E-state index contributed by atoms with van der Waals surface area (Å²) in [6.45, 7) is 0.583. The first-order chi connectivity index (χ1) is 26.8. The van der Waals surface area contributed by atoms with Crippen LogP contribution in [0.1, 0.15) is 0 Å². The molecule has 0 amide bonds. The first-order valence-corrected chi connectivity index (χ1v) is 18.0. The molecule has 0 radical (unpaired) electrons. The van der Waals surface area contributed by atoms with Crippen molar-refractivity contribution in [3.8, 4) is 11.5 Å². The molecule has 6 aromatic carbocycles. The van der Waals surface area contributed by atoms with Gasteiger partial charge in [-0.05, 0) is 60.7 Å². The van der Waals surface area contributed by atoms with Gasteiger partial charge in [0.25, 0.3) is 0 Å². The first-order valence-electron chi connectivity index (χ1n) is 18.0. The average Bonchev–Trinajstić information content (AvgIpc) is 3.89. The van der Waals surface area contributed by atoms with Crippen molar-refractivity contribution in [2.75, 3.05) is 16.5 Å². The van der Waals surface area contributed by atoms with E-state index in [4.69, 9.17) is 19.7 Å². The van der Waals surface area contributed by atoms with Gasteiger partial charge in [-0.2, -0.15) is 0 Å². The van der Waals surface area contributed by atoms with E-state index in [0.717, 1.165) is 78.3 Å². The molecule has 254 valence electrons.